The number of hydrogen-bond acceptors (Lipinski definition) is 4. The van der Waals surface area contributed by atoms with Crippen LogP contribution in [0.4, 0.5) is 8.78 Å². The zero-order valence-electron chi connectivity index (χ0n) is 10.6. The topological polar surface area (TPSA) is 62.5 Å². The van der Waals surface area contributed by atoms with Crippen LogP contribution in [0.2, 0.25) is 0 Å². The molecular weight excluding hydrogens is 276 g/mol. The number of amides is 1. The van der Waals surface area contributed by atoms with Crippen molar-refractivity contribution in [2.45, 2.75) is 37.4 Å². The van der Waals surface area contributed by atoms with E-state index < -0.39 is 17.8 Å². The van der Waals surface area contributed by atoms with Gasteiger partial charge in [-0.2, -0.15) is 8.78 Å². The van der Waals surface area contributed by atoms with Crippen LogP contribution in [0.3, 0.4) is 0 Å². The molecule has 1 aromatic heterocycles. The second-order valence-electron chi connectivity index (χ2n) is 3.99. The number of aliphatic hydroxyl groups excluding tert-OH is 1. The maximum absolute atomic E-state index is 12.0. The number of alkyl halides is 2. The highest BCUT2D eigenvalue weighted by molar-refractivity contribution is 7.98. The lowest BCUT2D eigenvalue weighted by Crippen LogP contribution is -2.31. The molecule has 1 unspecified atom stereocenters. The smallest absolute Gasteiger partial charge is 0.287 e. The number of furan rings is 1. The Morgan fingerprint density at radius 2 is 2.26 bits per heavy atom. The van der Waals surface area contributed by atoms with Crippen molar-refractivity contribution in [1.82, 2.24) is 5.32 Å². The summed E-state index contributed by atoms with van der Waals surface area (Å²) in [6.45, 7) is 2.08. The zero-order chi connectivity index (χ0) is 14.3. The summed E-state index contributed by atoms with van der Waals surface area (Å²) in [4.78, 5) is 11.6. The Morgan fingerprint density at radius 1 is 1.53 bits per heavy atom. The molecule has 2 N–H and O–H groups in total. The highest BCUT2D eigenvalue weighted by atomic mass is 32.2. The van der Waals surface area contributed by atoms with E-state index in [2.05, 4.69) is 5.32 Å². The van der Waals surface area contributed by atoms with Gasteiger partial charge in [-0.3, -0.25) is 4.79 Å². The summed E-state index contributed by atoms with van der Waals surface area (Å²) in [5, 5.41) is 12.0. The van der Waals surface area contributed by atoms with Gasteiger partial charge in [-0.1, -0.05) is 25.1 Å². The third kappa shape index (κ3) is 6.07. The van der Waals surface area contributed by atoms with Gasteiger partial charge in [0.05, 0.1) is 11.9 Å². The number of carbonyl (C=O) groups excluding carboxylic acids is 1. The van der Waals surface area contributed by atoms with E-state index in [0.717, 1.165) is 6.42 Å². The van der Waals surface area contributed by atoms with E-state index in [1.807, 2.05) is 6.92 Å². The molecule has 4 nitrogen and oxygen atoms in total. The van der Waals surface area contributed by atoms with Crippen LogP contribution < -0.4 is 5.32 Å². The van der Waals surface area contributed by atoms with Gasteiger partial charge in [-0.25, -0.2) is 0 Å². The standard InChI is InChI=1S/C12H17F2NO3S/c1-2-3-8(16)6-15-11(17)10-5-4-9(18-10)7-19-12(13)14/h4-5,8,12,16H,2-3,6-7H2,1H3,(H,15,17). The Hall–Kier alpha value is -1.08. The minimum Gasteiger partial charge on any atom is -0.455 e. The summed E-state index contributed by atoms with van der Waals surface area (Å²) in [6.07, 6.45) is 0.847. The molecule has 0 aliphatic heterocycles. The number of carbonyl (C=O) groups is 1. The molecule has 1 heterocycles. The molecule has 0 aliphatic rings. The molecule has 1 aromatic rings. The molecule has 19 heavy (non-hydrogen) atoms. The van der Waals surface area contributed by atoms with Gasteiger partial charge >= 0.3 is 0 Å². The van der Waals surface area contributed by atoms with Crippen molar-refractivity contribution < 1.29 is 23.1 Å². The Kier molecular flexibility index (Phi) is 6.86. The highest BCUT2D eigenvalue weighted by Crippen LogP contribution is 2.21. The van der Waals surface area contributed by atoms with E-state index in [1.54, 1.807) is 0 Å². The third-order valence-electron chi connectivity index (χ3n) is 2.36. The first kappa shape index (κ1) is 16.0. The third-order valence-corrected chi connectivity index (χ3v) is 3.06. The lowest BCUT2D eigenvalue weighted by Gasteiger charge is -2.09. The molecule has 0 saturated heterocycles. The Bertz CT molecular complexity index is 398. The lowest BCUT2D eigenvalue weighted by molar-refractivity contribution is 0.0882. The molecule has 0 fully saturated rings. The number of hydrogen-bond donors (Lipinski definition) is 2. The quantitative estimate of drug-likeness (QED) is 0.773. The van der Waals surface area contributed by atoms with Gasteiger partial charge in [0.1, 0.15) is 5.76 Å². The molecule has 1 atom stereocenters. The summed E-state index contributed by atoms with van der Waals surface area (Å²) in [7, 11) is 0. The predicted molar refractivity (Wildman–Crippen MR) is 69.3 cm³/mol. The summed E-state index contributed by atoms with van der Waals surface area (Å²) < 4.78 is 29.1. The van der Waals surface area contributed by atoms with E-state index in [1.165, 1.54) is 12.1 Å². The van der Waals surface area contributed by atoms with Crippen LogP contribution in [0.5, 0.6) is 0 Å². The molecule has 0 aromatic carbocycles. The summed E-state index contributed by atoms with van der Waals surface area (Å²) in [6, 6.07) is 2.93. The molecule has 0 aliphatic carbocycles. The van der Waals surface area contributed by atoms with Crippen molar-refractivity contribution in [1.29, 1.82) is 0 Å². The summed E-state index contributed by atoms with van der Waals surface area (Å²) in [5.41, 5.74) is 0. The summed E-state index contributed by atoms with van der Waals surface area (Å²) >= 11 is 0.435. The van der Waals surface area contributed by atoms with E-state index in [4.69, 9.17) is 4.42 Å². The van der Waals surface area contributed by atoms with Gasteiger partial charge in [0.25, 0.3) is 11.7 Å². The molecule has 0 saturated carbocycles. The molecule has 0 spiro atoms. The van der Waals surface area contributed by atoms with Crippen molar-refractivity contribution in [2.24, 2.45) is 0 Å². The predicted octanol–water partition coefficient (Wildman–Crippen LogP) is 2.63. The minimum absolute atomic E-state index is 0.0173. The SMILES string of the molecule is CCCC(O)CNC(=O)c1ccc(CSC(F)F)o1. The molecule has 1 rings (SSSR count). The zero-order valence-corrected chi connectivity index (χ0v) is 11.4. The first-order chi connectivity index (χ1) is 9.02. The normalized spacial score (nSPS) is 12.7. The molecule has 7 heteroatoms. The number of aliphatic hydroxyl groups is 1. The van der Waals surface area contributed by atoms with Crippen molar-refractivity contribution in [3.63, 3.8) is 0 Å². The van der Waals surface area contributed by atoms with Gasteiger partial charge in [0, 0.05) is 6.54 Å². The fourth-order valence-electron chi connectivity index (χ4n) is 1.46. The van der Waals surface area contributed by atoms with E-state index in [-0.39, 0.29) is 18.1 Å². The van der Waals surface area contributed by atoms with Crippen LogP contribution in [0.15, 0.2) is 16.5 Å². The average Bonchev–Trinajstić information content (AvgIpc) is 2.82. The van der Waals surface area contributed by atoms with E-state index in [0.29, 0.717) is 23.9 Å². The van der Waals surface area contributed by atoms with Crippen molar-refractivity contribution >= 4 is 17.7 Å². The van der Waals surface area contributed by atoms with Crippen LogP contribution in [0.25, 0.3) is 0 Å². The van der Waals surface area contributed by atoms with Crippen molar-refractivity contribution in [3.05, 3.63) is 23.7 Å². The largest absolute Gasteiger partial charge is 0.455 e. The second-order valence-corrected chi connectivity index (χ2v) is 4.97. The van der Waals surface area contributed by atoms with E-state index in [9.17, 15) is 18.7 Å². The fourth-order valence-corrected chi connectivity index (χ4v) is 1.90. The highest BCUT2D eigenvalue weighted by Gasteiger charge is 2.13. The molecule has 108 valence electrons. The molecule has 0 bridgehead atoms. The van der Waals surface area contributed by atoms with Gasteiger partial charge in [-0.15, -0.1) is 0 Å². The molecule has 1 amide bonds. The summed E-state index contributed by atoms with van der Waals surface area (Å²) in [5.74, 6) is -2.52. The Balaban J connectivity index is 2.40. The van der Waals surface area contributed by atoms with Gasteiger partial charge in [0.2, 0.25) is 0 Å². The van der Waals surface area contributed by atoms with E-state index >= 15 is 0 Å². The van der Waals surface area contributed by atoms with Crippen LogP contribution in [-0.2, 0) is 5.75 Å². The maximum atomic E-state index is 12.0. The Morgan fingerprint density at radius 3 is 2.89 bits per heavy atom. The van der Waals surface area contributed by atoms with Crippen LogP contribution in [0, 0.1) is 0 Å². The number of rotatable bonds is 8. The minimum atomic E-state index is -2.47. The van der Waals surface area contributed by atoms with Crippen molar-refractivity contribution in [3.8, 4) is 0 Å². The fraction of sp³-hybridized carbons (Fsp3) is 0.583. The average molecular weight is 293 g/mol. The second kappa shape index (κ2) is 8.16. The monoisotopic (exact) mass is 293 g/mol. The van der Waals surface area contributed by atoms with Crippen LogP contribution in [0.1, 0.15) is 36.1 Å². The molecule has 0 radical (unpaired) electrons. The number of nitrogens with one attached hydrogen (secondary N) is 1. The first-order valence-corrected chi connectivity index (χ1v) is 7.02. The van der Waals surface area contributed by atoms with Crippen molar-refractivity contribution in [2.75, 3.05) is 6.54 Å². The van der Waals surface area contributed by atoms with Gasteiger partial charge < -0.3 is 14.8 Å². The van der Waals surface area contributed by atoms with Gasteiger partial charge in [-0.05, 0) is 18.6 Å². The van der Waals surface area contributed by atoms with Crippen LogP contribution in [-0.4, -0.2) is 29.4 Å². The maximum Gasteiger partial charge on any atom is 0.287 e. The number of thioether (sulfide) groups is 1. The Labute approximate surface area is 114 Å². The number of halogens is 2. The first-order valence-electron chi connectivity index (χ1n) is 5.97. The lowest BCUT2D eigenvalue weighted by atomic mass is 10.2. The van der Waals surface area contributed by atoms with Crippen LogP contribution >= 0.6 is 11.8 Å². The van der Waals surface area contributed by atoms with Gasteiger partial charge in [0.15, 0.2) is 5.76 Å². The molecular formula is C12H17F2NO3S.